The minimum Gasteiger partial charge on any atom is -0.447 e. The van der Waals surface area contributed by atoms with Crippen molar-refractivity contribution in [2.24, 2.45) is 5.73 Å². The van der Waals surface area contributed by atoms with Crippen molar-refractivity contribution in [3.8, 4) is 0 Å². The Morgan fingerprint density at radius 3 is 2.35 bits per heavy atom. The zero-order valence-corrected chi connectivity index (χ0v) is 8.71. The number of ether oxygens (including phenoxy) is 2. The van der Waals surface area contributed by atoms with Gasteiger partial charge in [-0.2, -0.15) is 0 Å². The van der Waals surface area contributed by atoms with Gasteiger partial charge in [0, 0.05) is 0 Å². The highest BCUT2D eigenvalue weighted by molar-refractivity contribution is 5.64. The van der Waals surface area contributed by atoms with Gasteiger partial charge < -0.3 is 40.7 Å². The van der Waals surface area contributed by atoms with Crippen molar-refractivity contribution in [3.05, 3.63) is 0 Å². The second kappa shape index (κ2) is 5.58. The van der Waals surface area contributed by atoms with E-state index in [0.29, 0.717) is 0 Å². The van der Waals surface area contributed by atoms with Crippen molar-refractivity contribution in [3.63, 3.8) is 0 Å². The number of hydrogen-bond acceptors (Lipinski definition) is 8. The fourth-order valence-corrected chi connectivity index (χ4v) is 1.47. The predicted molar refractivity (Wildman–Crippen MR) is 50.4 cm³/mol. The molecule has 1 amide bonds. The first-order chi connectivity index (χ1) is 7.84. The molecule has 0 bridgehead atoms. The fraction of sp³-hybridized carbons (Fsp3) is 0.875. The molecule has 1 rings (SSSR count). The van der Waals surface area contributed by atoms with Crippen LogP contribution in [0.1, 0.15) is 0 Å². The van der Waals surface area contributed by atoms with Crippen LogP contribution in [0.4, 0.5) is 4.79 Å². The van der Waals surface area contributed by atoms with Crippen molar-refractivity contribution in [1.29, 1.82) is 0 Å². The summed E-state index contributed by atoms with van der Waals surface area (Å²) < 4.78 is 8.96. The second-order valence-corrected chi connectivity index (χ2v) is 3.66. The number of aliphatic hydroxyl groups is 5. The van der Waals surface area contributed by atoms with Gasteiger partial charge in [0.1, 0.15) is 37.1 Å². The molecule has 0 aromatic carbocycles. The summed E-state index contributed by atoms with van der Waals surface area (Å²) in [7, 11) is 0. The smallest absolute Gasteiger partial charge is 0.404 e. The van der Waals surface area contributed by atoms with Crippen LogP contribution >= 0.6 is 0 Å². The molecular weight excluding hydrogens is 238 g/mol. The van der Waals surface area contributed by atoms with E-state index in [9.17, 15) is 25.2 Å². The number of rotatable bonds is 3. The summed E-state index contributed by atoms with van der Waals surface area (Å²) in [5, 5.41) is 46.6. The van der Waals surface area contributed by atoms with Crippen LogP contribution in [-0.2, 0) is 9.47 Å². The molecule has 0 saturated carbocycles. The molecule has 0 aromatic rings. The lowest BCUT2D eigenvalue weighted by Crippen LogP contribution is -2.61. The van der Waals surface area contributed by atoms with E-state index in [0.717, 1.165) is 0 Å². The van der Waals surface area contributed by atoms with Gasteiger partial charge in [0.25, 0.3) is 0 Å². The highest BCUT2D eigenvalue weighted by Gasteiger charge is 2.45. The number of amides is 1. The van der Waals surface area contributed by atoms with Crippen LogP contribution in [0.2, 0.25) is 0 Å². The number of nitrogens with two attached hydrogens (primary N) is 1. The first-order valence-electron chi connectivity index (χ1n) is 4.82. The quantitative estimate of drug-likeness (QED) is 0.298. The van der Waals surface area contributed by atoms with E-state index in [1.54, 1.807) is 0 Å². The first kappa shape index (κ1) is 14.1. The van der Waals surface area contributed by atoms with E-state index in [1.165, 1.54) is 0 Å². The lowest BCUT2D eigenvalue weighted by Gasteiger charge is -2.39. The average molecular weight is 253 g/mol. The Morgan fingerprint density at radius 1 is 1.24 bits per heavy atom. The first-order valence-corrected chi connectivity index (χ1v) is 4.82. The largest absolute Gasteiger partial charge is 0.447 e. The Labute approximate surface area is 96.0 Å². The molecule has 100 valence electrons. The highest BCUT2D eigenvalue weighted by Crippen LogP contribution is 2.22. The van der Waals surface area contributed by atoms with Crippen LogP contribution in [-0.4, -0.2) is 75.0 Å². The van der Waals surface area contributed by atoms with Crippen LogP contribution in [0, 0.1) is 0 Å². The van der Waals surface area contributed by atoms with Crippen molar-refractivity contribution in [1.82, 2.24) is 0 Å². The summed E-state index contributed by atoms with van der Waals surface area (Å²) in [6, 6.07) is 0. The third-order valence-corrected chi connectivity index (χ3v) is 2.40. The van der Waals surface area contributed by atoms with Crippen LogP contribution < -0.4 is 5.73 Å². The summed E-state index contributed by atoms with van der Waals surface area (Å²) in [6.07, 6.45) is -10.8. The molecule has 9 heteroatoms. The molecule has 9 nitrogen and oxygen atoms in total. The molecule has 1 unspecified atom stereocenters. The number of carbonyl (C=O) groups excluding carboxylic acids is 1. The standard InChI is InChI=1S/C8H15NO8/c9-8(15)16-1-2(10)6-4(12)3(11)5(13)7(14)17-6/h2-7,10-14H,1H2,(H2,9,15)/t2-,3+,4+,5+,6-,7?/m1/s1. The van der Waals surface area contributed by atoms with E-state index in [2.05, 4.69) is 15.2 Å². The molecule has 1 aliphatic heterocycles. The zero-order chi connectivity index (χ0) is 13.2. The van der Waals surface area contributed by atoms with Crippen molar-refractivity contribution >= 4 is 6.09 Å². The van der Waals surface area contributed by atoms with Gasteiger partial charge in [0.15, 0.2) is 6.29 Å². The molecule has 1 saturated heterocycles. The maximum Gasteiger partial charge on any atom is 0.404 e. The fourth-order valence-electron chi connectivity index (χ4n) is 1.47. The van der Waals surface area contributed by atoms with Gasteiger partial charge >= 0.3 is 6.09 Å². The minimum atomic E-state index is -1.76. The molecule has 0 spiro atoms. The van der Waals surface area contributed by atoms with Gasteiger partial charge in [-0.1, -0.05) is 0 Å². The molecule has 0 aromatic heterocycles. The van der Waals surface area contributed by atoms with Crippen LogP contribution in [0.3, 0.4) is 0 Å². The van der Waals surface area contributed by atoms with Gasteiger partial charge in [-0.3, -0.25) is 0 Å². The van der Waals surface area contributed by atoms with E-state index in [1.807, 2.05) is 0 Å². The van der Waals surface area contributed by atoms with Gasteiger partial charge in [-0.15, -0.1) is 0 Å². The van der Waals surface area contributed by atoms with E-state index in [4.69, 9.17) is 5.11 Å². The normalized spacial score (nSPS) is 39.7. The third kappa shape index (κ3) is 3.25. The Morgan fingerprint density at radius 2 is 1.82 bits per heavy atom. The van der Waals surface area contributed by atoms with Gasteiger partial charge in [0.2, 0.25) is 0 Å². The summed E-state index contributed by atoms with van der Waals surface area (Å²) in [6.45, 7) is -0.577. The lowest BCUT2D eigenvalue weighted by atomic mass is 9.96. The monoisotopic (exact) mass is 253 g/mol. The van der Waals surface area contributed by atoms with E-state index < -0.39 is 49.5 Å². The molecule has 6 atom stereocenters. The SMILES string of the molecule is NC(=O)OC[C@@H](O)[C@H]1OC(O)[C@@H](O)[C@@H](O)[C@@H]1O. The van der Waals surface area contributed by atoms with Gasteiger partial charge in [-0.05, 0) is 0 Å². The molecule has 1 aliphatic rings. The molecule has 1 heterocycles. The molecular formula is C8H15NO8. The third-order valence-electron chi connectivity index (χ3n) is 2.40. The van der Waals surface area contributed by atoms with E-state index in [-0.39, 0.29) is 0 Å². The summed E-state index contributed by atoms with van der Waals surface area (Å²) in [5.74, 6) is 0. The Bertz CT molecular complexity index is 274. The number of carbonyl (C=O) groups is 1. The van der Waals surface area contributed by atoms with Crippen LogP contribution in [0.15, 0.2) is 0 Å². The van der Waals surface area contributed by atoms with Crippen molar-refractivity contribution < 1.29 is 39.8 Å². The topological polar surface area (TPSA) is 163 Å². The summed E-state index contributed by atoms with van der Waals surface area (Å²) in [5.41, 5.74) is 4.67. The number of hydrogen-bond donors (Lipinski definition) is 6. The maximum atomic E-state index is 10.3. The summed E-state index contributed by atoms with van der Waals surface area (Å²) in [4.78, 5) is 10.3. The van der Waals surface area contributed by atoms with Crippen LogP contribution in [0.25, 0.3) is 0 Å². The lowest BCUT2D eigenvalue weighted by molar-refractivity contribution is -0.298. The van der Waals surface area contributed by atoms with Crippen molar-refractivity contribution in [2.75, 3.05) is 6.61 Å². The Hall–Kier alpha value is -0.970. The molecule has 1 fully saturated rings. The van der Waals surface area contributed by atoms with E-state index >= 15 is 0 Å². The second-order valence-electron chi connectivity index (χ2n) is 3.66. The Balaban J connectivity index is 2.60. The molecule has 7 N–H and O–H groups in total. The zero-order valence-electron chi connectivity index (χ0n) is 8.71. The molecule has 17 heavy (non-hydrogen) atoms. The highest BCUT2D eigenvalue weighted by atomic mass is 16.6. The average Bonchev–Trinajstić information content (AvgIpc) is 2.28. The maximum absolute atomic E-state index is 10.3. The molecule has 0 aliphatic carbocycles. The van der Waals surface area contributed by atoms with Gasteiger partial charge in [0.05, 0.1) is 0 Å². The predicted octanol–water partition coefficient (Wildman–Crippen LogP) is -3.76. The number of primary amides is 1. The minimum absolute atomic E-state index is 0.577. The van der Waals surface area contributed by atoms with Gasteiger partial charge in [-0.25, -0.2) is 4.79 Å². The van der Waals surface area contributed by atoms with Crippen molar-refractivity contribution in [2.45, 2.75) is 36.8 Å². The number of aliphatic hydroxyl groups excluding tert-OH is 5. The molecule has 0 radical (unpaired) electrons. The summed E-state index contributed by atoms with van der Waals surface area (Å²) >= 11 is 0. The Kier molecular flexibility index (Phi) is 4.62. The van der Waals surface area contributed by atoms with Crippen LogP contribution in [0.5, 0.6) is 0 Å².